The first-order valence-corrected chi connectivity index (χ1v) is 5.87. The van der Waals surface area contributed by atoms with Crippen LogP contribution in [0.2, 0.25) is 0 Å². The quantitative estimate of drug-likeness (QED) is 0.816. The summed E-state index contributed by atoms with van der Waals surface area (Å²) >= 11 is 0. The summed E-state index contributed by atoms with van der Waals surface area (Å²) in [6.07, 6.45) is 3.46. The Hall–Kier alpha value is -2.03. The molecule has 0 aliphatic rings. The highest BCUT2D eigenvalue weighted by molar-refractivity contribution is 6.04. The van der Waals surface area contributed by atoms with Crippen LogP contribution in [0.5, 0.6) is 0 Å². The molecule has 0 saturated heterocycles. The molecule has 1 N–H and O–H groups in total. The van der Waals surface area contributed by atoms with Crippen LogP contribution >= 0.6 is 0 Å². The van der Waals surface area contributed by atoms with E-state index in [-0.39, 0.29) is 5.97 Å². The predicted molar refractivity (Wildman–Crippen MR) is 73.6 cm³/mol. The molecule has 18 heavy (non-hydrogen) atoms. The molecule has 1 aromatic heterocycles. The van der Waals surface area contributed by atoms with Crippen molar-refractivity contribution in [3.05, 3.63) is 42.1 Å². The molecule has 2 aromatic rings. The number of fused-ring (bicyclic) bond motifs is 1. The van der Waals surface area contributed by atoms with Gasteiger partial charge in [-0.05, 0) is 32.4 Å². The Morgan fingerprint density at radius 2 is 2.11 bits per heavy atom. The Morgan fingerprint density at radius 1 is 1.39 bits per heavy atom. The lowest BCUT2D eigenvalue weighted by Crippen LogP contribution is -2.23. The molecular formula is C15H17NO2. The summed E-state index contributed by atoms with van der Waals surface area (Å²) in [7, 11) is 0. The summed E-state index contributed by atoms with van der Waals surface area (Å²) in [5.74, 6) is -0.305. The first kappa shape index (κ1) is 12.4. The fraction of sp³-hybridized carbons (Fsp3) is 0.267. The number of benzene rings is 1. The molecule has 1 aromatic carbocycles. The zero-order valence-corrected chi connectivity index (χ0v) is 10.9. The molecule has 0 bridgehead atoms. The second-order valence-electron chi connectivity index (χ2n) is 5.21. The number of rotatable bonds is 2. The molecule has 0 spiro atoms. The number of carbonyl (C=O) groups is 1. The third-order valence-corrected chi connectivity index (χ3v) is 2.56. The van der Waals surface area contributed by atoms with Crippen molar-refractivity contribution in [1.29, 1.82) is 0 Å². The minimum absolute atomic E-state index is 0.305. The van der Waals surface area contributed by atoms with Crippen LogP contribution < -0.4 is 0 Å². The van der Waals surface area contributed by atoms with Gasteiger partial charge in [-0.1, -0.05) is 24.8 Å². The highest BCUT2D eigenvalue weighted by Gasteiger charge is 2.20. The summed E-state index contributed by atoms with van der Waals surface area (Å²) in [4.78, 5) is 15.1. The van der Waals surface area contributed by atoms with E-state index < -0.39 is 5.60 Å². The molecule has 0 radical (unpaired) electrons. The number of aromatic nitrogens is 1. The molecule has 0 unspecified atom stereocenters. The highest BCUT2D eigenvalue weighted by Crippen LogP contribution is 2.22. The van der Waals surface area contributed by atoms with Gasteiger partial charge in [-0.15, -0.1) is 0 Å². The van der Waals surface area contributed by atoms with E-state index in [4.69, 9.17) is 4.74 Å². The van der Waals surface area contributed by atoms with Gasteiger partial charge in [-0.3, -0.25) is 0 Å². The second-order valence-corrected chi connectivity index (χ2v) is 5.21. The molecule has 1 heterocycles. The number of nitrogens with one attached hydrogen (secondary N) is 1. The van der Waals surface area contributed by atoms with Crippen LogP contribution in [0.1, 0.15) is 36.7 Å². The molecular weight excluding hydrogens is 226 g/mol. The largest absolute Gasteiger partial charge is 0.456 e. The van der Waals surface area contributed by atoms with Crippen LogP contribution in [-0.4, -0.2) is 16.6 Å². The monoisotopic (exact) mass is 243 g/mol. The van der Waals surface area contributed by atoms with Gasteiger partial charge in [0, 0.05) is 17.1 Å². The average molecular weight is 243 g/mol. The predicted octanol–water partition coefficient (Wildman–Crippen LogP) is 3.77. The lowest BCUT2D eigenvalue weighted by atomic mass is 10.1. The average Bonchev–Trinajstić information content (AvgIpc) is 2.69. The van der Waals surface area contributed by atoms with Crippen LogP contribution in [0.15, 0.2) is 31.0 Å². The van der Waals surface area contributed by atoms with Crippen molar-refractivity contribution in [2.75, 3.05) is 0 Å². The maximum atomic E-state index is 12.0. The zero-order chi connectivity index (χ0) is 13.3. The number of ether oxygens (including phenoxy) is 1. The van der Waals surface area contributed by atoms with Crippen molar-refractivity contribution >= 4 is 22.9 Å². The molecule has 94 valence electrons. The molecule has 0 fully saturated rings. The van der Waals surface area contributed by atoms with Crippen LogP contribution in [0.3, 0.4) is 0 Å². The van der Waals surface area contributed by atoms with Gasteiger partial charge < -0.3 is 9.72 Å². The Kier molecular flexibility index (Phi) is 2.99. The third kappa shape index (κ3) is 2.45. The number of esters is 1. The van der Waals surface area contributed by atoms with Gasteiger partial charge in [-0.25, -0.2) is 4.79 Å². The smallest absolute Gasteiger partial charge is 0.340 e. The van der Waals surface area contributed by atoms with E-state index in [9.17, 15) is 4.79 Å². The van der Waals surface area contributed by atoms with Gasteiger partial charge in [0.05, 0.1) is 5.56 Å². The third-order valence-electron chi connectivity index (χ3n) is 2.56. The van der Waals surface area contributed by atoms with Gasteiger partial charge in [0.2, 0.25) is 0 Å². The normalized spacial score (nSPS) is 11.5. The van der Waals surface area contributed by atoms with Crippen LogP contribution in [0.25, 0.3) is 17.0 Å². The van der Waals surface area contributed by atoms with Crippen molar-refractivity contribution in [2.45, 2.75) is 26.4 Å². The topological polar surface area (TPSA) is 42.1 Å². The van der Waals surface area contributed by atoms with E-state index in [1.54, 1.807) is 12.3 Å². The van der Waals surface area contributed by atoms with Crippen LogP contribution in [0.4, 0.5) is 0 Å². The van der Waals surface area contributed by atoms with Gasteiger partial charge >= 0.3 is 5.97 Å². The van der Waals surface area contributed by atoms with Crippen molar-refractivity contribution in [3.8, 4) is 0 Å². The number of hydrogen-bond donors (Lipinski definition) is 1. The first-order valence-electron chi connectivity index (χ1n) is 5.87. The fourth-order valence-corrected chi connectivity index (χ4v) is 1.77. The number of hydrogen-bond acceptors (Lipinski definition) is 2. The summed E-state index contributed by atoms with van der Waals surface area (Å²) < 4.78 is 5.37. The Balaban J connectivity index is 2.41. The Morgan fingerprint density at radius 3 is 2.72 bits per heavy atom. The summed E-state index contributed by atoms with van der Waals surface area (Å²) in [5.41, 5.74) is 2.01. The van der Waals surface area contributed by atoms with E-state index in [0.29, 0.717) is 5.56 Å². The van der Waals surface area contributed by atoms with E-state index in [0.717, 1.165) is 16.5 Å². The summed E-state index contributed by atoms with van der Waals surface area (Å²) in [6.45, 7) is 9.29. The lowest BCUT2D eigenvalue weighted by Gasteiger charge is -2.19. The van der Waals surface area contributed by atoms with E-state index in [1.807, 2.05) is 39.0 Å². The minimum atomic E-state index is -0.484. The minimum Gasteiger partial charge on any atom is -0.456 e. The summed E-state index contributed by atoms with van der Waals surface area (Å²) in [5, 5.41) is 0.870. The van der Waals surface area contributed by atoms with Gasteiger partial charge in [-0.2, -0.15) is 0 Å². The zero-order valence-electron chi connectivity index (χ0n) is 10.9. The van der Waals surface area contributed by atoms with E-state index in [2.05, 4.69) is 11.6 Å². The summed E-state index contributed by atoms with van der Waals surface area (Å²) in [6, 6.07) is 5.79. The molecule has 2 rings (SSSR count). The van der Waals surface area contributed by atoms with Crippen molar-refractivity contribution in [1.82, 2.24) is 4.98 Å². The molecule has 3 nitrogen and oxygen atoms in total. The standard InChI is InChI=1S/C15H17NO2/c1-5-10-6-7-11-12(9-16-13(11)8-10)14(17)18-15(2,3)4/h5-9,16H,1H2,2-4H3. The van der Waals surface area contributed by atoms with Gasteiger partial charge in [0.15, 0.2) is 0 Å². The van der Waals surface area contributed by atoms with E-state index in [1.165, 1.54) is 0 Å². The molecule has 0 aliphatic carbocycles. The number of H-pyrrole nitrogens is 1. The Bertz CT molecular complexity index is 602. The fourth-order valence-electron chi connectivity index (χ4n) is 1.77. The SMILES string of the molecule is C=Cc1ccc2c(C(=O)OC(C)(C)C)c[nH]c2c1. The maximum Gasteiger partial charge on any atom is 0.340 e. The number of carbonyl (C=O) groups excluding carboxylic acids is 1. The molecule has 0 atom stereocenters. The lowest BCUT2D eigenvalue weighted by molar-refractivity contribution is 0.00719. The Labute approximate surface area is 106 Å². The van der Waals surface area contributed by atoms with Crippen molar-refractivity contribution in [3.63, 3.8) is 0 Å². The first-order chi connectivity index (χ1) is 8.40. The van der Waals surface area contributed by atoms with Gasteiger partial charge in [0.1, 0.15) is 5.60 Å². The van der Waals surface area contributed by atoms with Crippen LogP contribution in [-0.2, 0) is 4.74 Å². The second kappa shape index (κ2) is 4.33. The van der Waals surface area contributed by atoms with Crippen molar-refractivity contribution < 1.29 is 9.53 Å². The molecule has 0 saturated carbocycles. The maximum absolute atomic E-state index is 12.0. The number of aromatic amines is 1. The highest BCUT2D eigenvalue weighted by atomic mass is 16.6. The molecule has 0 aliphatic heterocycles. The van der Waals surface area contributed by atoms with Gasteiger partial charge in [0.25, 0.3) is 0 Å². The van der Waals surface area contributed by atoms with Crippen molar-refractivity contribution in [2.24, 2.45) is 0 Å². The van der Waals surface area contributed by atoms with Crippen LogP contribution in [0, 0.1) is 0 Å². The van der Waals surface area contributed by atoms with E-state index >= 15 is 0 Å². The molecule has 0 amide bonds. The molecule has 3 heteroatoms.